The number of thiophene rings is 1. The first-order chi connectivity index (χ1) is 14.9. The molecule has 0 N–H and O–H groups in total. The van der Waals surface area contributed by atoms with Gasteiger partial charge in [-0.1, -0.05) is 36.4 Å². The molecule has 0 atom stereocenters. The van der Waals surface area contributed by atoms with E-state index in [0.29, 0.717) is 0 Å². The van der Waals surface area contributed by atoms with Gasteiger partial charge in [-0.05, 0) is 48.0 Å². The molecule has 0 fully saturated rings. The lowest BCUT2D eigenvalue weighted by molar-refractivity contribution is 1.24. The van der Waals surface area contributed by atoms with Crippen molar-refractivity contribution in [2.75, 3.05) is 0 Å². The lowest BCUT2D eigenvalue weighted by Gasteiger charge is -2.09. The summed E-state index contributed by atoms with van der Waals surface area (Å²) in [6.45, 7) is 0. The van der Waals surface area contributed by atoms with Crippen molar-refractivity contribution < 1.29 is 0 Å². The summed E-state index contributed by atoms with van der Waals surface area (Å²) in [6.07, 6.45) is 4.05. The van der Waals surface area contributed by atoms with Crippen molar-refractivity contribution >= 4 is 59.1 Å². The molecule has 4 aromatic heterocycles. The number of rotatable bonds is 1. The van der Waals surface area contributed by atoms with Crippen LogP contribution in [0.4, 0.5) is 0 Å². The zero-order valence-electron chi connectivity index (χ0n) is 15.9. The van der Waals surface area contributed by atoms with E-state index >= 15 is 0 Å². The van der Waals surface area contributed by atoms with Gasteiger partial charge in [0.25, 0.3) is 0 Å². The third-order valence-electron chi connectivity index (χ3n) is 5.85. The molecule has 7 aromatic rings. The quantitative estimate of drug-likeness (QED) is 0.294. The maximum Gasteiger partial charge on any atom is 0.147 e. The normalized spacial score (nSPS) is 12.0. The molecule has 30 heavy (non-hydrogen) atoms. The largest absolute Gasteiger partial charge is 0.298 e. The molecule has 4 heterocycles. The van der Waals surface area contributed by atoms with Crippen LogP contribution >= 0.6 is 11.3 Å². The maximum absolute atomic E-state index is 4.89. The molecule has 140 valence electrons. The van der Waals surface area contributed by atoms with Gasteiger partial charge < -0.3 is 0 Å². The Balaban J connectivity index is 1.62. The summed E-state index contributed by atoms with van der Waals surface area (Å²) in [6, 6.07) is 27.8. The molecule has 3 nitrogen and oxygen atoms in total. The first-order valence-electron chi connectivity index (χ1n) is 9.93. The van der Waals surface area contributed by atoms with Crippen LogP contribution in [0.5, 0.6) is 0 Å². The van der Waals surface area contributed by atoms with Crippen molar-refractivity contribution in [1.29, 1.82) is 0 Å². The molecule has 0 amide bonds. The van der Waals surface area contributed by atoms with Crippen LogP contribution in [0.15, 0.2) is 91.3 Å². The fourth-order valence-corrected chi connectivity index (χ4v) is 5.55. The molecule has 0 saturated heterocycles. The number of hydrogen-bond donors (Lipinski definition) is 0. The number of hydrogen-bond acceptors (Lipinski definition) is 3. The lowest BCUT2D eigenvalue weighted by atomic mass is 10.0. The fourth-order valence-electron chi connectivity index (χ4n) is 4.46. The Morgan fingerprint density at radius 1 is 0.733 bits per heavy atom. The highest BCUT2D eigenvalue weighted by Gasteiger charge is 2.15. The highest BCUT2D eigenvalue weighted by Crippen LogP contribution is 2.38. The second-order valence-electron chi connectivity index (χ2n) is 7.55. The van der Waals surface area contributed by atoms with E-state index in [0.717, 1.165) is 33.1 Å². The van der Waals surface area contributed by atoms with Gasteiger partial charge in [0.2, 0.25) is 0 Å². The molecule has 7 rings (SSSR count). The summed E-state index contributed by atoms with van der Waals surface area (Å²) in [4.78, 5) is 9.64. The number of fused-ring (bicyclic) bond motifs is 8. The van der Waals surface area contributed by atoms with Gasteiger partial charge in [-0.3, -0.25) is 9.38 Å². The molecule has 0 aliphatic heterocycles. The molecule has 4 heteroatoms. The van der Waals surface area contributed by atoms with E-state index in [4.69, 9.17) is 9.97 Å². The van der Waals surface area contributed by atoms with Crippen LogP contribution in [-0.4, -0.2) is 14.4 Å². The number of pyridine rings is 2. The van der Waals surface area contributed by atoms with Gasteiger partial charge in [0.1, 0.15) is 5.65 Å². The second-order valence-corrected chi connectivity index (χ2v) is 8.63. The van der Waals surface area contributed by atoms with E-state index in [2.05, 4.69) is 77.3 Å². The van der Waals surface area contributed by atoms with Crippen LogP contribution in [0.1, 0.15) is 0 Å². The van der Waals surface area contributed by atoms with Gasteiger partial charge in [0, 0.05) is 43.5 Å². The predicted octanol–water partition coefficient (Wildman–Crippen LogP) is 7.07. The van der Waals surface area contributed by atoms with E-state index in [1.54, 1.807) is 0 Å². The molecule has 3 aromatic carbocycles. The monoisotopic (exact) mass is 401 g/mol. The molecule has 0 aliphatic rings. The SMILES string of the molecule is c1ccc2c(c1)nc1c3cccnc3c(-c3ccc4sc5ccccc5c4c3)cn21. The van der Waals surface area contributed by atoms with Crippen molar-refractivity contribution in [1.82, 2.24) is 14.4 Å². The predicted molar refractivity (Wildman–Crippen MR) is 126 cm³/mol. The first kappa shape index (κ1) is 16.1. The van der Waals surface area contributed by atoms with E-state index in [1.165, 1.54) is 25.7 Å². The number of benzene rings is 3. The summed E-state index contributed by atoms with van der Waals surface area (Å²) in [5.41, 5.74) is 6.35. The minimum Gasteiger partial charge on any atom is -0.298 e. The number of imidazole rings is 1. The van der Waals surface area contributed by atoms with E-state index in [1.807, 2.05) is 29.7 Å². The number of para-hydroxylation sites is 2. The maximum atomic E-state index is 4.89. The molecule has 0 unspecified atom stereocenters. The van der Waals surface area contributed by atoms with Crippen LogP contribution in [0.2, 0.25) is 0 Å². The summed E-state index contributed by atoms with van der Waals surface area (Å²) >= 11 is 1.84. The average molecular weight is 401 g/mol. The standard InChI is InChI=1S/C26H15N3S/c1-4-10-23-17(6-1)19-14-16(11-12-24(19)30-23)20-15-29-22-9-3-2-8-21(22)28-26(29)18-7-5-13-27-25(18)20/h1-15H. The molecule has 0 aliphatic carbocycles. The zero-order chi connectivity index (χ0) is 19.7. The third-order valence-corrected chi connectivity index (χ3v) is 7.00. The molecule has 0 bridgehead atoms. The Kier molecular flexibility index (Phi) is 3.15. The third kappa shape index (κ3) is 2.14. The fraction of sp³-hybridized carbons (Fsp3) is 0. The van der Waals surface area contributed by atoms with Gasteiger partial charge >= 0.3 is 0 Å². The van der Waals surface area contributed by atoms with Crippen LogP contribution < -0.4 is 0 Å². The van der Waals surface area contributed by atoms with E-state index in [-0.39, 0.29) is 0 Å². The van der Waals surface area contributed by atoms with Gasteiger partial charge in [0.05, 0.1) is 16.6 Å². The Labute approximate surface area is 175 Å². The Morgan fingerprint density at radius 3 is 2.57 bits per heavy atom. The number of nitrogens with zero attached hydrogens (tertiary/aromatic N) is 3. The first-order valence-corrected chi connectivity index (χ1v) is 10.7. The molecule has 0 spiro atoms. The summed E-state index contributed by atoms with van der Waals surface area (Å²) in [5, 5.41) is 3.68. The Bertz CT molecular complexity index is 1760. The highest BCUT2D eigenvalue weighted by atomic mass is 32.1. The second kappa shape index (κ2) is 5.88. The van der Waals surface area contributed by atoms with Crippen molar-refractivity contribution in [3.8, 4) is 11.1 Å². The van der Waals surface area contributed by atoms with Crippen molar-refractivity contribution in [3.63, 3.8) is 0 Å². The average Bonchev–Trinajstić information content (AvgIpc) is 3.36. The Hall–Kier alpha value is -3.76. The van der Waals surface area contributed by atoms with E-state index in [9.17, 15) is 0 Å². The molecular formula is C26H15N3S. The van der Waals surface area contributed by atoms with Crippen molar-refractivity contribution in [2.45, 2.75) is 0 Å². The van der Waals surface area contributed by atoms with Crippen molar-refractivity contribution in [2.24, 2.45) is 0 Å². The van der Waals surface area contributed by atoms with Gasteiger partial charge in [0.15, 0.2) is 0 Å². The Morgan fingerprint density at radius 2 is 1.57 bits per heavy atom. The van der Waals surface area contributed by atoms with Crippen LogP contribution in [0.25, 0.3) is 58.9 Å². The molecular weight excluding hydrogens is 386 g/mol. The minimum absolute atomic E-state index is 0.949. The smallest absolute Gasteiger partial charge is 0.147 e. The number of aromatic nitrogens is 3. The van der Waals surface area contributed by atoms with Gasteiger partial charge in [-0.2, -0.15) is 0 Å². The highest BCUT2D eigenvalue weighted by molar-refractivity contribution is 7.25. The molecule has 0 radical (unpaired) electrons. The zero-order valence-corrected chi connectivity index (χ0v) is 16.7. The van der Waals surface area contributed by atoms with Crippen LogP contribution in [0, 0.1) is 0 Å². The molecule has 0 saturated carbocycles. The topological polar surface area (TPSA) is 30.2 Å². The van der Waals surface area contributed by atoms with Gasteiger partial charge in [-0.25, -0.2) is 4.98 Å². The lowest BCUT2D eigenvalue weighted by Crippen LogP contribution is -1.92. The summed E-state index contributed by atoms with van der Waals surface area (Å²) in [7, 11) is 0. The summed E-state index contributed by atoms with van der Waals surface area (Å²) < 4.78 is 4.83. The minimum atomic E-state index is 0.949. The van der Waals surface area contributed by atoms with Gasteiger partial charge in [-0.15, -0.1) is 11.3 Å². The van der Waals surface area contributed by atoms with Crippen LogP contribution in [-0.2, 0) is 0 Å². The van der Waals surface area contributed by atoms with Crippen LogP contribution in [0.3, 0.4) is 0 Å². The summed E-state index contributed by atoms with van der Waals surface area (Å²) in [5.74, 6) is 0. The van der Waals surface area contributed by atoms with Crippen molar-refractivity contribution in [3.05, 3.63) is 91.3 Å². The van der Waals surface area contributed by atoms with E-state index < -0.39 is 0 Å².